The van der Waals surface area contributed by atoms with Gasteiger partial charge in [-0.3, -0.25) is 4.79 Å². The molecule has 0 fully saturated rings. The Balaban J connectivity index is 3.43. The van der Waals surface area contributed by atoms with Crippen LogP contribution in [0.1, 0.15) is 17.3 Å². The van der Waals surface area contributed by atoms with Gasteiger partial charge in [0.15, 0.2) is 17.3 Å². The van der Waals surface area contributed by atoms with E-state index in [4.69, 9.17) is 15.3 Å². The number of ketones is 1. The van der Waals surface area contributed by atoms with E-state index in [1.807, 2.05) is 0 Å². The Kier molecular flexibility index (Phi) is 1.91. The Morgan fingerprint density at radius 3 is 2.08 bits per heavy atom. The predicted octanol–water partition coefficient (Wildman–Crippen LogP) is 1.01. The maximum absolute atomic E-state index is 10.8. The molecule has 4 nitrogen and oxygen atoms in total. The molecule has 0 heterocycles. The van der Waals surface area contributed by atoms with Gasteiger partial charge >= 0.3 is 0 Å². The van der Waals surface area contributed by atoms with E-state index in [1.165, 1.54) is 6.92 Å². The molecule has 0 amide bonds. The van der Waals surface area contributed by atoms with Gasteiger partial charge in [0.25, 0.3) is 0 Å². The smallest absolute Gasteiger partial charge is 0.172 e. The van der Waals surface area contributed by atoms with Gasteiger partial charge in [0.05, 0.1) is 0 Å². The molecule has 3 N–H and O–H groups in total. The SMILES string of the molecule is CC(=O)c1c(O)ccc(O)c1O. The third kappa shape index (κ3) is 1.18. The van der Waals surface area contributed by atoms with Gasteiger partial charge in [-0.1, -0.05) is 0 Å². The van der Waals surface area contributed by atoms with Crippen molar-refractivity contribution in [2.24, 2.45) is 0 Å². The van der Waals surface area contributed by atoms with Gasteiger partial charge in [-0.25, -0.2) is 0 Å². The maximum Gasteiger partial charge on any atom is 0.172 e. The van der Waals surface area contributed by atoms with Crippen molar-refractivity contribution in [3.05, 3.63) is 17.7 Å². The molecule has 1 aromatic carbocycles. The first kappa shape index (κ1) is 8.39. The van der Waals surface area contributed by atoms with E-state index >= 15 is 0 Å². The van der Waals surface area contributed by atoms with Crippen molar-refractivity contribution in [2.75, 3.05) is 0 Å². The molecule has 1 aromatic rings. The number of benzene rings is 1. The fourth-order valence-electron chi connectivity index (χ4n) is 0.917. The zero-order valence-electron chi connectivity index (χ0n) is 6.40. The van der Waals surface area contributed by atoms with Crippen LogP contribution >= 0.6 is 0 Å². The first-order valence-corrected chi connectivity index (χ1v) is 3.29. The molecule has 0 spiro atoms. The standard InChI is InChI=1S/C8H8O4/c1-4(9)7-5(10)2-3-6(11)8(7)12/h2-3,10-12H,1H3. The Labute approximate surface area is 68.7 Å². The molecule has 0 aromatic heterocycles. The molecule has 4 heteroatoms. The molecule has 64 valence electrons. The molecule has 0 saturated heterocycles. The van der Waals surface area contributed by atoms with Gasteiger partial charge in [-0.05, 0) is 19.1 Å². The molecule has 0 bridgehead atoms. The number of rotatable bonds is 1. The third-order valence-electron chi connectivity index (χ3n) is 1.49. The van der Waals surface area contributed by atoms with Crippen molar-refractivity contribution >= 4 is 5.78 Å². The van der Waals surface area contributed by atoms with Crippen LogP contribution in [-0.2, 0) is 0 Å². The van der Waals surface area contributed by atoms with Crippen LogP contribution < -0.4 is 0 Å². The van der Waals surface area contributed by atoms with Crippen LogP contribution in [0, 0.1) is 0 Å². The fourth-order valence-corrected chi connectivity index (χ4v) is 0.917. The topological polar surface area (TPSA) is 77.8 Å². The third-order valence-corrected chi connectivity index (χ3v) is 1.49. The molecule has 0 atom stereocenters. The van der Waals surface area contributed by atoms with Crippen LogP contribution in [0.4, 0.5) is 0 Å². The molecular weight excluding hydrogens is 160 g/mol. The summed E-state index contributed by atoms with van der Waals surface area (Å²) in [4.78, 5) is 10.8. The number of hydrogen-bond donors (Lipinski definition) is 3. The number of hydrogen-bond acceptors (Lipinski definition) is 4. The average molecular weight is 168 g/mol. The maximum atomic E-state index is 10.8. The Morgan fingerprint density at radius 1 is 1.17 bits per heavy atom. The fraction of sp³-hybridized carbons (Fsp3) is 0.125. The van der Waals surface area contributed by atoms with Crippen molar-refractivity contribution in [1.29, 1.82) is 0 Å². The van der Waals surface area contributed by atoms with E-state index in [1.54, 1.807) is 0 Å². The van der Waals surface area contributed by atoms with Crippen molar-refractivity contribution in [3.8, 4) is 17.2 Å². The van der Waals surface area contributed by atoms with Crippen LogP contribution in [0.25, 0.3) is 0 Å². The summed E-state index contributed by atoms with van der Waals surface area (Å²) in [6.45, 7) is 1.19. The monoisotopic (exact) mass is 168 g/mol. The number of phenolic OH excluding ortho intramolecular Hbond substituents is 3. The minimum absolute atomic E-state index is 0.255. The van der Waals surface area contributed by atoms with E-state index < -0.39 is 17.3 Å². The lowest BCUT2D eigenvalue weighted by Gasteiger charge is -2.04. The van der Waals surface area contributed by atoms with E-state index in [2.05, 4.69) is 0 Å². The predicted molar refractivity (Wildman–Crippen MR) is 41.4 cm³/mol. The molecule has 12 heavy (non-hydrogen) atoms. The van der Waals surface area contributed by atoms with Crippen LogP contribution in [0.3, 0.4) is 0 Å². The van der Waals surface area contributed by atoms with Gasteiger partial charge in [0.1, 0.15) is 11.3 Å². The number of carbonyl (C=O) groups excluding carboxylic acids is 1. The van der Waals surface area contributed by atoms with Crippen LogP contribution in [-0.4, -0.2) is 21.1 Å². The van der Waals surface area contributed by atoms with Crippen LogP contribution in [0.5, 0.6) is 17.2 Å². The van der Waals surface area contributed by atoms with Gasteiger partial charge in [-0.15, -0.1) is 0 Å². The molecule has 0 saturated carbocycles. The summed E-state index contributed by atoms with van der Waals surface area (Å²) in [5.41, 5.74) is -0.255. The highest BCUT2D eigenvalue weighted by Crippen LogP contribution is 2.34. The molecule has 0 aliphatic heterocycles. The number of carbonyl (C=O) groups is 1. The second-order valence-corrected chi connectivity index (χ2v) is 2.38. The molecular formula is C8H8O4. The van der Waals surface area contributed by atoms with Crippen molar-refractivity contribution < 1.29 is 20.1 Å². The lowest BCUT2D eigenvalue weighted by Crippen LogP contribution is -1.93. The largest absolute Gasteiger partial charge is 0.507 e. The minimum atomic E-state index is -0.581. The highest BCUT2D eigenvalue weighted by molar-refractivity contribution is 6.00. The van der Waals surface area contributed by atoms with Crippen LogP contribution in [0.2, 0.25) is 0 Å². The molecule has 0 unspecified atom stereocenters. The first-order chi connectivity index (χ1) is 5.54. The summed E-state index contributed by atoms with van der Waals surface area (Å²) in [6.07, 6.45) is 0. The van der Waals surface area contributed by atoms with Crippen LogP contribution in [0.15, 0.2) is 12.1 Å². The second kappa shape index (κ2) is 2.73. The lowest BCUT2D eigenvalue weighted by atomic mass is 10.1. The highest BCUT2D eigenvalue weighted by Gasteiger charge is 2.15. The summed E-state index contributed by atoms with van der Waals surface area (Å²) < 4.78 is 0. The van der Waals surface area contributed by atoms with E-state index in [9.17, 15) is 4.79 Å². The number of Topliss-reactive ketones (excluding diaryl/α,β-unsaturated/α-hetero) is 1. The molecule has 0 aliphatic rings. The first-order valence-electron chi connectivity index (χ1n) is 3.29. The van der Waals surface area contributed by atoms with E-state index in [-0.39, 0.29) is 11.3 Å². The molecule has 0 radical (unpaired) electrons. The van der Waals surface area contributed by atoms with Crippen molar-refractivity contribution in [1.82, 2.24) is 0 Å². The average Bonchev–Trinajstić information content (AvgIpc) is 1.97. The van der Waals surface area contributed by atoms with Crippen molar-refractivity contribution in [2.45, 2.75) is 6.92 Å². The van der Waals surface area contributed by atoms with Crippen molar-refractivity contribution in [3.63, 3.8) is 0 Å². The van der Waals surface area contributed by atoms with E-state index in [0.717, 1.165) is 12.1 Å². The number of phenols is 3. The Bertz CT molecular complexity index is 330. The van der Waals surface area contributed by atoms with E-state index in [0.29, 0.717) is 0 Å². The quantitative estimate of drug-likeness (QED) is 0.332. The summed E-state index contributed by atoms with van der Waals surface area (Å²) in [7, 11) is 0. The molecule has 1 rings (SSSR count). The summed E-state index contributed by atoms with van der Waals surface area (Å²) in [5, 5.41) is 27.2. The van der Waals surface area contributed by atoms with Gasteiger partial charge < -0.3 is 15.3 Å². The Hall–Kier alpha value is -1.71. The normalized spacial score (nSPS) is 9.75. The van der Waals surface area contributed by atoms with Gasteiger partial charge in [0.2, 0.25) is 0 Å². The van der Waals surface area contributed by atoms with Gasteiger partial charge in [-0.2, -0.15) is 0 Å². The minimum Gasteiger partial charge on any atom is -0.507 e. The summed E-state index contributed by atoms with van der Waals surface area (Å²) >= 11 is 0. The molecule has 0 aliphatic carbocycles. The Morgan fingerprint density at radius 2 is 1.67 bits per heavy atom. The zero-order valence-corrected chi connectivity index (χ0v) is 6.40. The summed E-state index contributed by atoms with van der Waals surface area (Å²) in [6, 6.07) is 2.25. The second-order valence-electron chi connectivity index (χ2n) is 2.38. The number of aromatic hydroxyl groups is 3. The zero-order chi connectivity index (χ0) is 9.30. The van der Waals surface area contributed by atoms with Gasteiger partial charge in [0, 0.05) is 0 Å². The summed E-state index contributed by atoms with van der Waals surface area (Å²) in [5.74, 6) is -1.83. The highest BCUT2D eigenvalue weighted by atomic mass is 16.3. The lowest BCUT2D eigenvalue weighted by molar-refractivity contribution is 0.101.